The molecule has 9 heteroatoms. The van der Waals surface area contributed by atoms with Crippen molar-refractivity contribution in [2.45, 2.75) is 18.9 Å². The summed E-state index contributed by atoms with van der Waals surface area (Å²) >= 11 is 0. The highest BCUT2D eigenvalue weighted by atomic mass is 16.3. The molecule has 146 valence electrons. The fourth-order valence-corrected chi connectivity index (χ4v) is 3.63. The first kappa shape index (κ1) is 17.2. The predicted octanol–water partition coefficient (Wildman–Crippen LogP) is 3.09. The zero-order valence-electron chi connectivity index (χ0n) is 15.7. The van der Waals surface area contributed by atoms with E-state index in [0.29, 0.717) is 17.6 Å². The Morgan fingerprint density at radius 2 is 2.14 bits per heavy atom. The summed E-state index contributed by atoms with van der Waals surface area (Å²) in [6.07, 6.45) is 8.96. The van der Waals surface area contributed by atoms with Crippen LogP contribution in [0.15, 0.2) is 67.6 Å². The SMILES string of the molecule is C=C(O)[C@@H]1CCCN1c1nc(Nc2cn(-c3ccccn3)cn2)c2cccn2n1. The lowest BCUT2D eigenvalue weighted by molar-refractivity contribution is 0.368. The van der Waals surface area contributed by atoms with Crippen LogP contribution in [0.2, 0.25) is 0 Å². The number of hydrogen-bond donors (Lipinski definition) is 2. The molecule has 29 heavy (non-hydrogen) atoms. The monoisotopic (exact) mass is 388 g/mol. The van der Waals surface area contributed by atoms with E-state index in [9.17, 15) is 5.11 Å². The smallest absolute Gasteiger partial charge is 0.246 e. The lowest BCUT2D eigenvalue weighted by Crippen LogP contribution is -2.32. The summed E-state index contributed by atoms with van der Waals surface area (Å²) in [6, 6.07) is 9.40. The second kappa shape index (κ2) is 6.93. The first-order chi connectivity index (χ1) is 14.2. The number of anilines is 3. The number of aliphatic hydroxyl groups is 1. The van der Waals surface area contributed by atoms with Crippen LogP contribution in [-0.4, -0.2) is 46.8 Å². The molecule has 0 amide bonds. The van der Waals surface area contributed by atoms with Gasteiger partial charge in [-0.2, -0.15) is 4.98 Å². The van der Waals surface area contributed by atoms with Gasteiger partial charge in [0.25, 0.3) is 0 Å². The standard InChI is InChI=1S/C20H20N8O/c1-14(29)15-6-4-10-27(15)20-24-19(16-7-5-11-28(16)25-20)23-17-12-26(13-22-17)18-8-2-3-9-21-18/h2-3,5,7-9,11-13,15,29H,1,4,6,10H2,(H,23,24,25)/t15-/m0/s1. The predicted molar refractivity (Wildman–Crippen MR) is 110 cm³/mol. The van der Waals surface area contributed by atoms with Crippen molar-refractivity contribution in [1.82, 2.24) is 29.1 Å². The van der Waals surface area contributed by atoms with Gasteiger partial charge in [0.15, 0.2) is 5.82 Å². The molecule has 1 saturated heterocycles. The van der Waals surface area contributed by atoms with Crippen LogP contribution in [0.3, 0.4) is 0 Å². The number of imidazole rings is 1. The molecule has 0 radical (unpaired) electrons. The van der Waals surface area contributed by atoms with Crippen LogP contribution in [0.5, 0.6) is 0 Å². The van der Waals surface area contributed by atoms with Crippen molar-refractivity contribution >= 4 is 23.1 Å². The molecule has 0 aromatic carbocycles. The Kier molecular flexibility index (Phi) is 4.12. The third-order valence-corrected chi connectivity index (χ3v) is 5.02. The first-order valence-corrected chi connectivity index (χ1v) is 9.41. The van der Waals surface area contributed by atoms with Crippen LogP contribution >= 0.6 is 0 Å². The van der Waals surface area contributed by atoms with Crippen molar-refractivity contribution in [3.8, 4) is 5.82 Å². The minimum atomic E-state index is -0.167. The van der Waals surface area contributed by atoms with E-state index >= 15 is 0 Å². The summed E-state index contributed by atoms with van der Waals surface area (Å²) in [5, 5.41) is 17.8. The van der Waals surface area contributed by atoms with Gasteiger partial charge in [-0.15, -0.1) is 5.10 Å². The van der Waals surface area contributed by atoms with E-state index in [4.69, 9.17) is 4.98 Å². The van der Waals surface area contributed by atoms with Gasteiger partial charge in [0.05, 0.1) is 12.2 Å². The Morgan fingerprint density at radius 1 is 1.21 bits per heavy atom. The summed E-state index contributed by atoms with van der Waals surface area (Å²) in [5.41, 5.74) is 0.833. The largest absolute Gasteiger partial charge is 0.511 e. The first-order valence-electron chi connectivity index (χ1n) is 9.41. The quantitative estimate of drug-likeness (QED) is 0.507. The van der Waals surface area contributed by atoms with E-state index in [1.54, 1.807) is 17.0 Å². The molecule has 5 rings (SSSR count). The van der Waals surface area contributed by atoms with Crippen LogP contribution in [0.1, 0.15) is 12.8 Å². The van der Waals surface area contributed by atoms with E-state index < -0.39 is 0 Å². The lowest BCUT2D eigenvalue weighted by Gasteiger charge is -2.24. The molecule has 0 aliphatic carbocycles. The number of hydrogen-bond acceptors (Lipinski definition) is 7. The molecule has 9 nitrogen and oxygen atoms in total. The maximum Gasteiger partial charge on any atom is 0.246 e. The molecule has 0 saturated carbocycles. The number of nitrogens with one attached hydrogen (secondary N) is 1. The minimum Gasteiger partial charge on any atom is -0.511 e. The molecule has 2 N–H and O–H groups in total. The van der Waals surface area contributed by atoms with Crippen molar-refractivity contribution in [3.05, 3.63) is 67.6 Å². The summed E-state index contributed by atoms with van der Waals surface area (Å²) in [7, 11) is 0. The van der Waals surface area contributed by atoms with Crippen LogP contribution < -0.4 is 10.2 Å². The highest BCUT2D eigenvalue weighted by molar-refractivity contribution is 5.73. The van der Waals surface area contributed by atoms with Gasteiger partial charge in [-0.1, -0.05) is 12.6 Å². The molecule has 1 aliphatic rings. The Labute approximate surface area is 167 Å². The molecule has 5 heterocycles. The zero-order valence-corrected chi connectivity index (χ0v) is 15.7. The minimum absolute atomic E-state index is 0.141. The van der Waals surface area contributed by atoms with Gasteiger partial charge in [-0.3, -0.25) is 4.57 Å². The molecule has 0 unspecified atom stereocenters. The van der Waals surface area contributed by atoms with Gasteiger partial charge in [0, 0.05) is 18.9 Å². The summed E-state index contributed by atoms with van der Waals surface area (Å²) < 4.78 is 3.61. The Balaban J connectivity index is 1.49. The number of aromatic nitrogens is 6. The van der Waals surface area contributed by atoms with Gasteiger partial charge in [0.1, 0.15) is 29.2 Å². The summed E-state index contributed by atoms with van der Waals surface area (Å²) in [5.74, 6) is 2.75. The van der Waals surface area contributed by atoms with Crippen molar-refractivity contribution < 1.29 is 5.11 Å². The van der Waals surface area contributed by atoms with E-state index in [1.165, 1.54) is 0 Å². The topological polar surface area (TPSA) is 96.4 Å². The Morgan fingerprint density at radius 3 is 2.97 bits per heavy atom. The molecule has 4 aromatic heterocycles. The lowest BCUT2D eigenvalue weighted by atomic mass is 10.2. The average molecular weight is 388 g/mol. The number of pyridine rings is 1. The number of aliphatic hydroxyl groups excluding tert-OH is 1. The van der Waals surface area contributed by atoms with Crippen molar-refractivity contribution in [2.24, 2.45) is 0 Å². The molecule has 1 aliphatic heterocycles. The fourth-order valence-electron chi connectivity index (χ4n) is 3.63. The molecule has 1 atom stereocenters. The van der Waals surface area contributed by atoms with Crippen LogP contribution in [-0.2, 0) is 0 Å². The van der Waals surface area contributed by atoms with E-state index in [1.807, 2.05) is 52.2 Å². The number of fused-ring (bicyclic) bond motifs is 1. The van der Waals surface area contributed by atoms with Gasteiger partial charge in [-0.05, 0) is 37.1 Å². The van der Waals surface area contributed by atoms with Crippen LogP contribution in [0.4, 0.5) is 17.6 Å². The van der Waals surface area contributed by atoms with E-state index in [-0.39, 0.29) is 11.8 Å². The fraction of sp³-hybridized carbons (Fsp3) is 0.200. The maximum absolute atomic E-state index is 9.94. The average Bonchev–Trinajstić information content (AvgIpc) is 3.48. The van der Waals surface area contributed by atoms with Gasteiger partial charge >= 0.3 is 0 Å². The van der Waals surface area contributed by atoms with E-state index in [2.05, 4.69) is 27.0 Å². The number of rotatable bonds is 5. The van der Waals surface area contributed by atoms with Crippen molar-refractivity contribution in [1.29, 1.82) is 0 Å². The highest BCUT2D eigenvalue weighted by Gasteiger charge is 2.29. The molecular weight excluding hydrogens is 368 g/mol. The third kappa shape index (κ3) is 3.16. The molecule has 4 aromatic rings. The van der Waals surface area contributed by atoms with Crippen molar-refractivity contribution in [2.75, 3.05) is 16.8 Å². The summed E-state index contributed by atoms with van der Waals surface area (Å²) in [4.78, 5) is 15.5. The van der Waals surface area contributed by atoms with Gasteiger partial charge in [0.2, 0.25) is 5.95 Å². The molecule has 0 bridgehead atoms. The zero-order chi connectivity index (χ0) is 19.8. The normalized spacial score (nSPS) is 16.4. The second-order valence-electron chi connectivity index (χ2n) is 6.92. The molecular formula is C20H20N8O. The third-order valence-electron chi connectivity index (χ3n) is 5.02. The Bertz CT molecular complexity index is 1170. The Hall–Kier alpha value is -3.88. The molecule has 0 spiro atoms. The van der Waals surface area contributed by atoms with Gasteiger partial charge < -0.3 is 15.3 Å². The highest BCUT2D eigenvalue weighted by Crippen LogP contribution is 2.28. The number of nitrogens with zero attached hydrogens (tertiary/aromatic N) is 7. The maximum atomic E-state index is 9.94. The summed E-state index contributed by atoms with van der Waals surface area (Å²) in [6.45, 7) is 4.47. The second-order valence-corrected chi connectivity index (χ2v) is 6.92. The van der Waals surface area contributed by atoms with Crippen molar-refractivity contribution in [3.63, 3.8) is 0 Å². The van der Waals surface area contributed by atoms with Crippen LogP contribution in [0, 0.1) is 0 Å². The van der Waals surface area contributed by atoms with E-state index in [0.717, 1.165) is 30.7 Å². The van der Waals surface area contributed by atoms with Gasteiger partial charge in [-0.25, -0.2) is 14.5 Å². The van der Waals surface area contributed by atoms with Crippen LogP contribution in [0.25, 0.3) is 11.3 Å². The molecule has 1 fully saturated rings.